The smallest absolute Gasteiger partial charge is 0.210 e. The van der Waals surface area contributed by atoms with Gasteiger partial charge in [0.25, 0.3) is 0 Å². The number of nitrogens with zero attached hydrogens (tertiary/aromatic N) is 3. The molecule has 1 aliphatic heterocycles. The minimum absolute atomic E-state index is 0.338. The van der Waals surface area contributed by atoms with Crippen molar-refractivity contribution in [3.05, 3.63) is 36.7 Å². The molecule has 0 bridgehead atoms. The van der Waals surface area contributed by atoms with Crippen LogP contribution in [0.4, 0.5) is 11.6 Å². The van der Waals surface area contributed by atoms with Crippen molar-refractivity contribution in [1.82, 2.24) is 9.55 Å². The average molecular weight is 263 g/mol. The van der Waals surface area contributed by atoms with Gasteiger partial charge in [-0.3, -0.25) is 0 Å². The topological polar surface area (TPSA) is 55.2 Å². The van der Waals surface area contributed by atoms with Gasteiger partial charge < -0.3 is 9.47 Å². The minimum atomic E-state index is -3.17. The van der Waals surface area contributed by atoms with Gasteiger partial charge in [0.15, 0.2) is 9.84 Å². The second kappa shape index (κ2) is 3.84. The van der Waals surface area contributed by atoms with E-state index in [0.717, 1.165) is 24.7 Å². The van der Waals surface area contributed by atoms with E-state index in [1.165, 1.54) is 6.26 Å². The lowest BCUT2D eigenvalue weighted by atomic mass is 10.3. The summed E-state index contributed by atoms with van der Waals surface area (Å²) in [7, 11) is -3.17. The molecule has 0 radical (unpaired) electrons. The zero-order valence-electron chi connectivity index (χ0n) is 9.94. The molecule has 0 saturated carbocycles. The summed E-state index contributed by atoms with van der Waals surface area (Å²) in [5.74, 6) is 0.862. The normalized spacial score (nSPS) is 14.8. The first-order chi connectivity index (χ1) is 8.55. The third kappa shape index (κ3) is 1.78. The van der Waals surface area contributed by atoms with E-state index in [1.54, 1.807) is 24.4 Å². The van der Waals surface area contributed by atoms with E-state index >= 15 is 0 Å². The standard InChI is InChI=1S/C12H13N3O2S/c1-18(16,17)11-4-2-3-10(9-11)15-8-7-14-6-5-13-12(14)15/h2-6,9H,7-8H2,1H3. The molecule has 1 aromatic carbocycles. The minimum Gasteiger partial charge on any atom is -0.315 e. The largest absolute Gasteiger partial charge is 0.315 e. The van der Waals surface area contributed by atoms with Crippen LogP contribution in [-0.4, -0.2) is 30.8 Å². The molecular formula is C12H13N3O2S. The van der Waals surface area contributed by atoms with Gasteiger partial charge >= 0.3 is 0 Å². The summed E-state index contributed by atoms with van der Waals surface area (Å²) in [5, 5.41) is 0. The molecule has 2 heterocycles. The van der Waals surface area contributed by atoms with Crippen molar-refractivity contribution in [3.8, 4) is 0 Å². The van der Waals surface area contributed by atoms with Crippen LogP contribution in [0.2, 0.25) is 0 Å². The van der Waals surface area contributed by atoms with Gasteiger partial charge in [0, 0.05) is 37.4 Å². The third-order valence-electron chi connectivity index (χ3n) is 3.06. The maximum atomic E-state index is 11.6. The Morgan fingerprint density at radius 2 is 2.11 bits per heavy atom. The summed E-state index contributed by atoms with van der Waals surface area (Å²) >= 11 is 0. The van der Waals surface area contributed by atoms with Crippen molar-refractivity contribution in [3.63, 3.8) is 0 Å². The molecular weight excluding hydrogens is 250 g/mol. The fourth-order valence-electron chi connectivity index (χ4n) is 2.15. The fourth-order valence-corrected chi connectivity index (χ4v) is 2.82. The number of anilines is 2. The maximum Gasteiger partial charge on any atom is 0.210 e. The number of hydrogen-bond donors (Lipinski definition) is 0. The second-order valence-electron chi connectivity index (χ2n) is 4.34. The summed E-state index contributed by atoms with van der Waals surface area (Å²) < 4.78 is 25.2. The number of sulfone groups is 1. The van der Waals surface area contributed by atoms with E-state index in [-0.39, 0.29) is 0 Å². The first kappa shape index (κ1) is 11.3. The molecule has 0 aliphatic carbocycles. The van der Waals surface area contributed by atoms with Crippen LogP contribution < -0.4 is 4.90 Å². The van der Waals surface area contributed by atoms with Crippen molar-refractivity contribution in [2.24, 2.45) is 0 Å². The fraction of sp³-hybridized carbons (Fsp3) is 0.250. The first-order valence-corrected chi connectivity index (χ1v) is 7.54. The van der Waals surface area contributed by atoms with Gasteiger partial charge in [-0.2, -0.15) is 0 Å². The predicted molar refractivity (Wildman–Crippen MR) is 68.8 cm³/mol. The van der Waals surface area contributed by atoms with E-state index < -0.39 is 9.84 Å². The van der Waals surface area contributed by atoms with Gasteiger partial charge in [-0.25, -0.2) is 13.4 Å². The molecule has 0 unspecified atom stereocenters. The Morgan fingerprint density at radius 1 is 1.28 bits per heavy atom. The van der Waals surface area contributed by atoms with Gasteiger partial charge in [-0.15, -0.1) is 0 Å². The molecule has 0 saturated heterocycles. The Kier molecular flexibility index (Phi) is 2.41. The zero-order chi connectivity index (χ0) is 12.8. The van der Waals surface area contributed by atoms with Crippen LogP contribution in [-0.2, 0) is 16.4 Å². The lowest BCUT2D eigenvalue weighted by Crippen LogP contribution is -2.14. The Labute approximate surface area is 106 Å². The van der Waals surface area contributed by atoms with Crippen LogP contribution in [0, 0.1) is 0 Å². The molecule has 5 nitrogen and oxygen atoms in total. The van der Waals surface area contributed by atoms with Crippen LogP contribution >= 0.6 is 0 Å². The van der Waals surface area contributed by atoms with Gasteiger partial charge in [0.1, 0.15) is 0 Å². The summed E-state index contributed by atoms with van der Waals surface area (Å²) in [6.07, 6.45) is 4.90. The highest BCUT2D eigenvalue weighted by Gasteiger charge is 2.21. The molecule has 0 atom stereocenters. The zero-order valence-corrected chi connectivity index (χ0v) is 10.8. The van der Waals surface area contributed by atoms with Gasteiger partial charge in [-0.1, -0.05) is 6.07 Å². The van der Waals surface area contributed by atoms with E-state index in [4.69, 9.17) is 0 Å². The van der Waals surface area contributed by atoms with Gasteiger partial charge in [0.05, 0.1) is 4.90 Å². The van der Waals surface area contributed by atoms with Crippen LogP contribution in [0.5, 0.6) is 0 Å². The highest BCUT2D eigenvalue weighted by Crippen LogP contribution is 2.29. The second-order valence-corrected chi connectivity index (χ2v) is 6.36. The van der Waals surface area contributed by atoms with E-state index in [1.807, 2.05) is 21.7 Å². The summed E-state index contributed by atoms with van der Waals surface area (Å²) in [6.45, 7) is 1.69. The molecule has 0 N–H and O–H groups in total. The average Bonchev–Trinajstić information content (AvgIpc) is 2.89. The van der Waals surface area contributed by atoms with Gasteiger partial charge in [0.2, 0.25) is 5.95 Å². The number of imidazole rings is 1. The number of benzene rings is 1. The van der Waals surface area contributed by atoms with Crippen LogP contribution in [0.15, 0.2) is 41.6 Å². The predicted octanol–water partition coefficient (Wildman–Crippen LogP) is 1.44. The molecule has 94 valence electrons. The Hall–Kier alpha value is -1.82. The molecule has 3 rings (SSSR count). The first-order valence-electron chi connectivity index (χ1n) is 5.64. The Bertz CT molecular complexity index is 691. The quantitative estimate of drug-likeness (QED) is 0.822. The molecule has 18 heavy (non-hydrogen) atoms. The molecule has 0 fully saturated rings. The Morgan fingerprint density at radius 3 is 2.89 bits per heavy atom. The summed E-state index contributed by atoms with van der Waals surface area (Å²) in [6, 6.07) is 6.97. The molecule has 6 heteroatoms. The lowest BCUT2D eigenvalue weighted by Gasteiger charge is -2.16. The van der Waals surface area contributed by atoms with Crippen LogP contribution in [0.1, 0.15) is 0 Å². The van der Waals surface area contributed by atoms with Crippen molar-refractivity contribution in [2.45, 2.75) is 11.4 Å². The molecule has 1 aliphatic rings. The highest BCUT2D eigenvalue weighted by atomic mass is 32.2. The van der Waals surface area contributed by atoms with E-state index in [9.17, 15) is 8.42 Å². The third-order valence-corrected chi connectivity index (χ3v) is 4.17. The van der Waals surface area contributed by atoms with Crippen LogP contribution in [0.3, 0.4) is 0 Å². The number of rotatable bonds is 2. The van der Waals surface area contributed by atoms with E-state index in [0.29, 0.717) is 4.90 Å². The van der Waals surface area contributed by atoms with Crippen molar-refractivity contribution < 1.29 is 8.42 Å². The molecule has 0 amide bonds. The monoisotopic (exact) mass is 263 g/mol. The van der Waals surface area contributed by atoms with E-state index in [2.05, 4.69) is 4.98 Å². The number of aromatic nitrogens is 2. The maximum absolute atomic E-state index is 11.6. The van der Waals surface area contributed by atoms with Crippen molar-refractivity contribution in [2.75, 3.05) is 17.7 Å². The van der Waals surface area contributed by atoms with Crippen molar-refractivity contribution >= 4 is 21.5 Å². The molecule has 1 aromatic heterocycles. The van der Waals surface area contributed by atoms with Crippen LogP contribution in [0.25, 0.3) is 0 Å². The molecule has 0 spiro atoms. The highest BCUT2D eigenvalue weighted by molar-refractivity contribution is 7.90. The summed E-state index contributed by atoms with van der Waals surface area (Å²) in [4.78, 5) is 6.65. The Balaban J connectivity index is 2.05. The lowest BCUT2D eigenvalue weighted by molar-refractivity contribution is 0.602. The number of fused-ring (bicyclic) bond motifs is 1. The van der Waals surface area contributed by atoms with Gasteiger partial charge in [-0.05, 0) is 18.2 Å². The van der Waals surface area contributed by atoms with Crippen molar-refractivity contribution in [1.29, 1.82) is 0 Å². The summed E-state index contributed by atoms with van der Waals surface area (Å²) in [5.41, 5.74) is 0.864. The molecule has 2 aromatic rings. The number of hydrogen-bond acceptors (Lipinski definition) is 4. The SMILES string of the molecule is CS(=O)(=O)c1cccc(N2CCn3ccnc32)c1.